The van der Waals surface area contributed by atoms with Crippen molar-refractivity contribution in [2.75, 3.05) is 11.9 Å². The van der Waals surface area contributed by atoms with Crippen molar-refractivity contribution in [1.29, 1.82) is 0 Å². The van der Waals surface area contributed by atoms with Crippen LogP contribution >= 0.6 is 27.3 Å². The first kappa shape index (κ1) is 13.4. The quantitative estimate of drug-likeness (QED) is 0.850. The number of thiophene rings is 1. The lowest BCUT2D eigenvalue weighted by Crippen LogP contribution is -2.00. The van der Waals surface area contributed by atoms with Gasteiger partial charge in [0.15, 0.2) is 0 Å². The Bertz CT molecular complexity index is 524. The highest BCUT2D eigenvalue weighted by atomic mass is 79.9. The van der Waals surface area contributed by atoms with E-state index in [1.54, 1.807) is 11.3 Å². The number of hydrogen-bond acceptors (Lipinski definition) is 3. The van der Waals surface area contributed by atoms with E-state index in [0.29, 0.717) is 6.61 Å². The van der Waals surface area contributed by atoms with E-state index in [0.717, 1.165) is 18.0 Å². The van der Waals surface area contributed by atoms with Crippen LogP contribution in [0.15, 0.2) is 33.4 Å². The fourth-order valence-electron chi connectivity index (χ4n) is 1.73. The molecule has 1 N–H and O–H groups in total. The lowest BCUT2D eigenvalue weighted by Gasteiger charge is -2.11. The van der Waals surface area contributed by atoms with Gasteiger partial charge >= 0.3 is 0 Å². The van der Waals surface area contributed by atoms with Gasteiger partial charge in [0.1, 0.15) is 5.75 Å². The molecule has 0 spiro atoms. The predicted octanol–water partition coefficient (Wildman–Crippen LogP) is 4.83. The van der Waals surface area contributed by atoms with Crippen molar-refractivity contribution in [3.63, 3.8) is 0 Å². The Morgan fingerprint density at radius 1 is 1.33 bits per heavy atom. The maximum Gasteiger partial charge on any atom is 0.119 e. The second kappa shape index (κ2) is 6.25. The topological polar surface area (TPSA) is 21.3 Å². The van der Waals surface area contributed by atoms with E-state index in [1.807, 2.05) is 13.0 Å². The van der Waals surface area contributed by atoms with Gasteiger partial charge in [-0.3, -0.25) is 0 Å². The van der Waals surface area contributed by atoms with E-state index in [9.17, 15) is 0 Å². The molecule has 1 aromatic heterocycles. The molecule has 0 aliphatic carbocycles. The molecule has 0 aliphatic heterocycles. The van der Waals surface area contributed by atoms with Crippen LogP contribution in [0.3, 0.4) is 0 Å². The van der Waals surface area contributed by atoms with Gasteiger partial charge in [-0.1, -0.05) is 0 Å². The average molecular weight is 326 g/mol. The summed E-state index contributed by atoms with van der Waals surface area (Å²) >= 11 is 5.18. The first-order valence-corrected chi connectivity index (χ1v) is 7.56. The molecule has 2 nitrogen and oxygen atoms in total. The first-order chi connectivity index (χ1) is 8.69. The molecule has 0 fully saturated rings. The molecule has 4 heteroatoms. The van der Waals surface area contributed by atoms with E-state index in [-0.39, 0.29) is 0 Å². The minimum absolute atomic E-state index is 0.704. The van der Waals surface area contributed by atoms with Crippen molar-refractivity contribution in [1.82, 2.24) is 0 Å². The average Bonchev–Trinajstić information content (AvgIpc) is 2.74. The molecule has 18 heavy (non-hydrogen) atoms. The van der Waals surface area contributed by atoms with Crippen LogP contribution in [0.4, 0.5) is 5.69 Å². The first-order valence-electron chi connectivity index (χ1n) is 5.89. The Labute approximate surface area is 120 Å². The van der Waals surface area contributed by atoms with E-state index in [2.05, 4.69) is 51.7 Å². The van der Waals surface area contributed by atoms with Crippen LogP contribution in [0.1, 0.15) is 18.1 Å². The van der Waals surface area contributed by atoms with Gasteiger partial charge in [-0.25, -0.2) is 0 Å². The highest BCUT2D eigenvalue weighted by Gasteiger charge is 2.02. The summed E-state index contributed by atoms with van der Waals surface area (Å²) in [5.74, 6) is 0.929. The minimum atomic E-state index is 0.704. The van der Waals surface area contributed by atoms with Crippen molar-refractivity contribution in [3.8, 4) is 5.75 Å². The lowest BCUT2D eigenvalue weighted by molar-refractivity contribution is 0.340. The second-order valence-corrected chi connectivity index (χ2v) is 6.31. The fraction of sp³-hybridized carbons (Fsp3) is 0.286. The zero-order valence-electron chi connectivity index (χ0n) is 10.5. The van der Waals surface area contributed by atoms with Crippen LogP contribution in [0.25, 0.3) is 0 Å². The van der Waals surface area contributed by atoms with Crippen molar-refractivity contribution < 1.29 is 4.74 Å². The minimum Gasteiger partial charge on any atom is -0.494 e. The normalized spacial score (nSPS) is 10.4. The van der Waals surface area contributed by atoms with Crippen molar-refractivity contribution >= 4 is 33.0 Å². The van der Waals surface area contributed by atoms with Crippen molar-refractivity contribution in [2.24, 2.45) is 0 Å². The van der Waals surface area contributed by atoms with Crippen LogP contribution in [-0.2, 0) is 6.54 Å². The van der Waals surface area contributed by atoms with E-state index < -0.39 is 0 Å². The Morgan fingerprint density at radius 2 is 2.17 bits per heavy atom. The standard InChI is InChI=1S/C14H16BrNOS/c1-3-17-12-4-5-13(10(2)6-12)16-8-11-7-14(15)18-9-11/h4-7,9,16H,3,8H2,1-2H3. The largest absolute Gasteiger partial charge is 0.494 e. The summed E-state index contributed by atoms with van der Waals surface area (Å²) < 4.78 is 6.64. The highest BCUT2D eigenvalue weighted by Crippen LogP contribution is 2.24. The summed E-state index contributed by atoms with van der Waals surface area (Å²) in [4.78, 5) is 0. The SMILES string of the molecule is CCOc1ccc(NCc2csc(Br)c2)c(C)c1. The molecule has 0 unspecified atom stereocenters. The molecule has 0 saturated carbocycles. The van der Waals surface area contributed by atoms with Crippen LogP contribution in [0.2, 0.25) is 0 Å². The number of aryl methyl sites for hydroxylation is 1. The van der Waals surface area contributed by atoms with Crippen molar-refractivity contribution in [3.05, 3.63) is 44.6 Å². The molecule has 0 atom stereocenters. The molecule has 0 aliphatic rings. The number of halogens is 1. The summed E-state index contributed by atoms with van der Waals surface area (Å²) in [6.45, 7) is 5.64. The lowest BCUT2D eigenvalue weighted by atomic mass is 10.2. The molecule has 96 valence electrons. The Morgan fingerprint density at radius 3 is 2.78 bits per heavy atom. The zero-order valence-corrected chi connectivity index (χ0v) is 12.9. The summed E-state index contributed by atoms with van der Waals surface area (Å²) in [6.07, 6.45) is 0. The Balaban J connectivity index is 2.01. The van der Waals surface area contributed by atoms with Crippen LogP contribution < -0.4 is 10.1 Å². The summed E-state index contributed by atoms with van der Waals surface area (Å²) in [7, 11) is 0. The summed E-state index contributed by atoms with van der Waals surface area (Å²) in [5, 5.41) is 5.60. The van der Waals surface area contributed by atoms with Gasteiger partial charge in [-0.15, -0.1) is 11.3 Å². The smallest absolute Gasteiger partial charge is 0.119 e. The Hall–Kier alpha value is -1.00. The predicted molar refractivity (Wildman–Crippen MR) is 81.7 cm³/mol. The molecule has 0 saturated heterocycles. The maximum absolute atomic E-state index is 5.48. The molecule has 1 aromatic carbocycles. The zero-order chi connectivity index (χ0) is 13.0. The third-order valence-electron chi connectivity index (χ3n) is 2.61. The fourth-order valence-corrected chi connectivity index (χ4v) is 2.94. The second-order valence-electron chi connectivity index (χ2n) is 4.02. The number of nitrogens with one attached hydrogen (secondary N) is 1. The molecule has 0 bridgehead atoms. The van der Waals surface area contributed by atoms with Crippen molar-refractivity contribution in [2.45, 2.75) is 20.4 Å². The third kappa shape index (κ3) is 3.50. The highest BCUT2D eigenvalue weighted by molar-refractivity contribution is 9.11. The van der Waals surface area contributed by atoms with Gasteiger partial charge in [0.25, 0.3) is 0 Å². The summed E-state index contributed by atoms with van der Waals surface area (Å²) in [6, 6.07) is 8.28. The Kier molecular flexibility index (Phi) is 4.66. The number of hydrogen-bond donors (Lipinski definition) is 1. The van der Waals surface area contributed by atoms with Crippen LogP contribution in [0, 0.1) is 6.92 Å². The number of anilines is 1. The number of rotatable bonds is 5. The van der Waals surface area contributed by atoms with Crippen LogP contribution in [-0.4, -0.2) is 6.61 Å². The van der Waals surface area contributed by atoms with Gasteiger partial charge in [0.2, 0.25) is 0 Å². The molecule has 0 amide bonds. The van der Waals surface area contributed by atoms with Gasteiger partial charge in [0.05, 0.1) is 10.4 Å². The van der Waals surface area contributed by atoms with Gasteiger partial charge in [-0.05, 0) is 70.5 Å². The molecule has 2 aromatic rings. The number of ether oxygens (including phenoxy) is 1. The molecule has 1 heterocycles. The van der Waals surface area contributed by atoms with Gasteiger partial charge < -0.3 is 10.1 Å². The van der Waals surface area contributed by atoms with Gasteiger partial charge in [-0.2, -0.15) is 0 Å². The van der Waals surface area contributed by atoms with E-state index in [1.165, 1.54) is 14.9 Å². The molecule has 0 radical (unpaired) electrons. The molecular weight excluding hydrogens is 310 g/mol. The summed E-state index contributed by atoms with van der Waals surface area (Å²) in [5.41, 5.74) is 3.65. The van der Waals surface area contributed by atoms with E-state index >= 15 is 0 Å². The van der Waals surface area contributed by atoms with Crippen LogP contribution in [0.5, 0.6) is 5.75 Å². The third-order valence-corrected chi connectivity index (χ3v) is 4.17. The molecular formula is C14H16BrNOS. The monoisotopic (exact) mass is 325 g/mol. The maximum atomic E-state index is 5.48. The van der Waals surface area contributed by atoms with Gasteiger partial charge in [0, 0.05) is 12.2 Å². The number of benzene rings is 1. The van der Waals surface area contributed by atoms with E-state index in [4.69, 9.17) is 4.74 Å². The molecule has 2 rings (SSSR count).